The summed E-state index contributed by atoms with van der Waals surface area (Å²) < 4.78 is 50.0. The Labute approximate surface area is 268 Å². The van der Waals surface area contributed by atoms with E-state index in [0.717, 1.165) is 19.1 Å². The maximum absolute atomic E-state index is 13.7. The van der Waals surface area contributed by atoms with Crippen LogP contribution in [0.5, 0.6) is 17.2 Å². The number of hydrogen-bond donors (Lipinski definition) is 0. The summed E-state index contributed by atoms with van der Waals surface area (Å²) in [6, 6.07) is 9.90. The van der Waals surface area contributed by atoms with Gasteiger partial charge < -0.3 is 23.8 Å². The van der Waals surface area contributed by atoms with Gasteiger partial charge in [0.25, 0.3) is 0 Å². The monoisotopic (exact) mass is 666 g/mol. The Balaban J connectivity index is 1.70. The van der Waals surface area contributed by atoms with Gasteiger partial charge in [-0.05, 0) is 68.8 Å². The zero-order chi connectivity index (χ0) is 32.0. The molecule has 44 heavy (non-hydrogen) atoms. The molecule has 0 unspecified atom stereocenters. The van der Waals surface area contributed by atoms with Gasteiger partial charge in [-0.25, -0.2) is 18.2 Å². The molecule has 10 nitrogen and oxygen atoms in total. The number of methoxy groups -OCH3 is 2. The van der Waals surface area contributed by atoms with Crippen molar-refractivity contribution in [2.75, 3.05) is 58.6 Å². The minimum atomic E-state index is -3.64. The molecule has 0 radical (unpaired) electrons. The zero-order valence-electron chi connectivity index (χ0n) is 25.4. The van der Waals surface area contributed by atoms with Crippen molar-refractivity contribution in [2.45, 2.75) is 25.4 Å². The van der Waals surface area contributed by atoms with Crippen LogP contribution in [0.15, 0.2) is 48.8 Å². The molecule has 0 saturated heterocycles. The average molecular weight is 668 g/mol. The first-order valence-corrected chi connectivity index (χ1v) is 16.7. The SMILES string of the molecule is COc1ccc([C@H](Cc2c(Cl)c[nH+]cc2Cl)OC(=O)c2ccc(N(CCN(C)C)S(C)(=O)=O)c(OCC3CC3)c2)cc1OC. The molecule has 1 aliphatic carbocycles. The van der Waals surface area contributed by atoms with Gasteiger partial charge in [-0.2, -0.15) is 0 Å². The second kappa shape index (κ2) is 14.7. The van der Waals surface area contributed by atoms with Crippen LogP contribution in [0.2, 0.25) is 10.0 Å². The van der Waals surface area contributed by atoms with Gasteiger partial charge in [-0.1, -0.05) is 29.3 Å². The molecule has 1 atom stereocenters. The van der Waals surface area contributed by atoms with Gasteiger partial charge in [0, 0.05) is 25.1 Å². The van der Waals surface area contributed by atoms with Crippen LogP contribution in [0.4, 0.5) is 5.69 Å². The first-order valence-electron chi connectivity index (χ1n) is 14.1. The standard InChI is InChI=1S/C31H37Cl2N3O7S/c1-35(2)12-13-36(44(5,38)39)26-10-8-22(15-29(26)42-19-20-6-7-20)31(37)43-28(16-23-24(32)17-34-18-25(23)33)21-9-11-27(40-3)30(14-21)41-4/h8-11,14-15,17-18,20,28H,6-7,12-13,16,19H2,1-5H3/p+1/t28-/m0/s1. The van der Waals surface area contributed by atoms with Crippen LogP contribution in [-0.4, -0.2) is 73.6 Å². The molecule has 1 N–H and O–H groups in total. The van der Waals surface area contributed by atoms with Gasteiger partial charge >= 0.3 is 5.97 Å². The lowest BCUT2D eigenvalue weighted by atomic mass is 10.0. The van der Waals surface area contributed by atoms with Crippen molar-refractivity contribution in [3.63, 3.8) is 0 Å². The zero-order valence-corrected chi connectivity index (χ0v) is 27.8. The quantitative estimate of drug-likeness (QED) is 0.207. The number of anilines is 1. The van der Waals surface area contributed by atoms with E-state index in [2.05, 4.69) is 4.98 Å². The Morgan fingerprint density at radius 2 is 1.66 bits per heavy atom. The normalized spacial score (nSPS) is 13.8. The molecule has 4 rings (SSSR count). The maximum Gasteiger partial charge on any atom is 0.338 e. The molecule has 2 aromatic carbocycles. The smallest absolute Gasteiger partial charge is 0.338 e. The number of benzene rings is 2. The lowest BCUT2D eigenvalue weighted by molar-refractivity contribution is -0.377. The summed E-state index contributed by atoms with van der Waals surface area (Å²) in [4.78, 5) is 18.5. The van der Waals surface area contributed by atoms with E-state index < -0.39 is 22.1 Å². The highest BCUT2D eigenvalue weighted by atomic mass is 35.5. The summed E-state index contributed by atoms with van der Waals surface area (Å²) in [6.45, 7) is 1.13. The van der Waals surface area contributed by atoms with Crippen molar-refractivity contribution >= 4 is 44.9 Å². The van der Waals surface area contributed by atoms with E-state index in [4.69, 9.17) is 42.1 Å². The Bertz CT molecular complexity index is 1560. The predicted molar refractivity (Wildman–Crippen MR) is 170 cm³/mol. The number of halogens is 2. The Kier molecular flexibility index (Phi) is 11.2. The molecule has 0 spiro atoms. The maximum atomic E-state index is 13.7. The number of carbonyl (C=O) groups excluding carboxylic acids is 1. The number of pyridine rings is 1. The number of nitrogens with zero attached hydrogens (tertiary/aromatic N) is 2. The fourth-order valence-electron chi connectivity index (χ4n) is 4.55. The van der Waals surface area contributed by atoms with Gasteiger partial charge in [-0.15, -0.1) is 0 Å². The van der Waals surface area contributed by atoms with E-state index in [-0.39, 0.29) is 18.5 Å². The summed E-state index contributed by atoms with van der Waals surface area (Å²) in [6.07, 6.45) is 5.79. The van der Waals surface area contributed by atoms with Gasteiger partial charge in [0.15, 0.2) is 23.9 Å². The average Bonchev–Trinajstić information content (AvgIpc) is 3.81. The lowest BCUT2D eigenvalue weighted by Crippen LogP contribution is -2.36. The number of likely N-dealkylation sites (N-methyl/N-ethyl adjacent to an activating group) is 1. The van der Waals surface area contributed by atoms with Crippen LogP contribution in [0.1, 0.15) is 40.4 Å². The number of hydrogen-bond acceptors (Lipinski definition) is 8. The number of aromatic amines is 1. The summed E-state index contributed by atoms with van der Waals surface area (Å²) in [5.74, 6) is 1.04. The van der Waals surface area contributed by atoms with Crippen LogP contribution < -0.4 is 23.5 Å². The van der Waals surface area contributed by atoms with Crippen LogP contribution in [0, 0.1) is 5.92 Å². The van der Waals surface area contributed by atoms with Crippen molar-refractivity contribution in [3.8, 4) is 17.2 Å². The highest BCUT2D eigenvalue weighted by Gasteiger charge is 2.28. The molecule has 0 aliphatic heterocycles. The molecule has 1 saturated carbocycles. The summed E-state index contributed by atoms with van der Waals surface area (Å²) >= 11 is 12.9. The fraction of sp³-hybridized carbons (Fsp3) is 0.419. The van der Waals surface area contributed by atoms with Crippen LogP contribution in [0.3, 0.4) is 0 Å². The first-order chi connectivity index (χ1) is 20.9. The lowest BCUT2D eigenvalue weighted by Gasteiger charge is -2.26. The second-order valence-electron chi connectivity index (χ2n) is 10.9. The summed E-state index contributed by atoms with van der Waals surface area (Å²) in [7, 11) is 3.15. The van der Waals surface area contributed by atoms with E-state index in [9.17, 15) is 13.2 Å². The highest BCUT2D eigenvalue weighted by Crippen LogP contribution is 2.38. The van der Waals surface area contributed by atoms with Crippen molar-refractivity contribution in [1.29, 1.82) is 0 Å². The fourth-order valence-corrected chi connectivity index (χ4v) is 6.00. The molecule has 3 aromatic rings. The summed E-state index contributed by atoms with van der Waals surface area (Å²) in [5, 5.41) is 0.774. The summed E-state index contributed by atoms with van der Waals surface area (Å²) in [5.41, 5.74) is 1.78. The number of esters is 1. The van der Waals surface area contributed by atoms with Crippen molar-refractivity contribution in [3.05, 3.63) is 75.5 Å². The van der Waals surface area contributed by atoms with E-state index in [1.807, 2.05) is 19.0 Å². The van der Waals surface area contributed by atoms with Crippen molar-refractivity contribution < 1.29 is 37.1 Å². The van der Waals surface area contributed by atoms with E-state index in [1.165, 1.54) is 24.6 Å². The minimum absolute atomic E-state index is 0.170. The molecule has 1 aliphatic rings. The van der Waals surface area contributed by atoms with Crippen LogP contribution in [0.25, 0.3) is 0 Å². The minimum Gasteiger partial charge on any atom is -0.493 e. The molecular weight excluding hydrogens is 629 g/mol. The van der Waals surface area contributed by atoms with Crippen molar-refractivity contribution in [1.82, 2.24) is 4.90 Å². The van der Waals surface area contributed by atoms with Crippen LogP contribution >= 0.6 is 23.2 Å². The highest BCUT2D eigenvalue weighted by molar-refractivity contribution is 7.92. The molecular formula is C31H38Cl2N3O7S+. The molecule has 13 heteroatoms. The van der Waals surface area contributed by atoms with Gasteiger partial charge in [0.05, 0.1) is 38.3 Å². The third kappa shape index (κ3) is 8.68. The Morgan fingerprint density at radius 3 is 2.25 bits per heavy atom. The Hall–Kier alpha value is -3.25. The largest absolute Gasteiger partial charge is 0.493 e. The number of sulfonamides is 1. The van der Waals surface area contributed by atoms with Crippen LogP contribution in [-0.2, 0) is 21.2 Å². The molecule has 1 heterocycles. The second-order valence-corrected chi connectivity index (χ2v) is 13.6. The third-order valence-corrected chi connectivity index (χ3v) is 9.06. The molecule has 238 valence electrons. The van der Waals surface area contributed by atoms with Gasteiger partial charge in [0.2, 0.25) is 10.0 Å². The molecule has 1 fully saturated rings. The number of aromatic nitrogens is 1. The van der Waals surface area contributed by atoms with E-state index in [1.54, 1.807) is 42.7 Å². The topological polar surface area (TPSA) is 109 Å². The molecule has 0 bridgehead atoms. The Morgan fingerprint density at radius 1 is 0.977 bits per heavy atom. The van der Waals surface area contributed by atoms with Crippen molar-refractivity contribution in [2.24, 2.45) is 5.92 Å². The first kappa shape index (κ1) is 33.6. The third-order valence-electron chi connectivity index (χ3n) is 7.20. The predicted octanol–water partition coefficient (Wildman–Crippen LogP) is 5.08. The number of H-pyrrole nitrogens is 1. The number of carbonyl (C=O) groups is 1. The number of nitrogens with one attached hydrogen (secondary N) is 1. The van der Waals surface area contributed by atoms with E-state index in [0.29, 0.717) is 63.2 Å². The number of rotatable bonds is 15. The van der Waals surface area contributed by atoms with E-state index >= 15 is 0 Å². The van der Waals surface area contributed by atoms with Gasteiger partial charge in [0.1, 0.15) is 21.9 Å². The number of ether oxygens (including phenoxy) is 4. The van der Waals surface area contributed by atoms with Gasteiger partial charge in [-0.3, -0.25) is 4.31 Å². The molecule has 1 aromatic heterocycles. The molecule has 0 amide bonds.